The molecule has 0 aliphatic carbocycles. The second-order valence-corrected chi connectivity index (χ2v) is 5.43. The van der Waals surface area contributed by atoms with Gasteiger partial charge in [-0.2, -0.15) is 0 Å². The summed E-state index contributed by atoms with van der Waals surface area (Å²) in [6.07, 6.45) is 2.03. The van der Waals surface area contributed by atoms with Crippen LogP contribution in [-0.2, 0) is 6.42 Å². The van der Waals surface area contributed by atoms with Crippen LogP contribution in [-0.4, -0.2) is 13.7 Å². The van der Waals surface area contributed by atoms with Crippen LogP contribution in [0.2, 0.25) is 0 Å². The molecule has 0 unspecified atom stereocenters. The first-order valence-electron chi connectivity index (χ1n) is 7.10. The summed E-state index contributed by atoms with van der Waals surface area (Å²) in [5, 5.41) is 0. The van der Waals surface area contributed by atoms with Gasteiger partial charge in [0.15, 0.2) is 0 Å². The number of nitrogen functional groups attached to an aromatic ring is 1. The molecule has 1 aliphatic rings. The van der Waals surface area contributed by atoms with Gasteiger partial charge in [0.05, 0.1) is 18.5 Å². The van der Waals surface area contributed by atoms with Crippen molar-refractivity contribution in [1.29, 1.82) is 0 Å². The van der Waals surface area contributed by atoms with Crippen LogP contribution in [0.15, 0.2) is 30.3 Å². The number of nitrogens with two attached hydrogens (primary N) is 1. The molecule has 0 saturated carbocycles. The summed E-state index contributed by atoms with van der Waals surface area (Å²) in [4.78, 5) is 2.01. The number of benzene rings is 2. The lowest BCUT2D eigenvalue weighted by atomic mass is 9.99. The second kappa shape index (κ2) is 5.28. The van der Waals surface area contributed by atoms with Crippen LogP contribution in [0.5, 0.6) is 5.75 Å². The van der Waals surface area contributed by atoms with E-state index in [1.54, 1.807) is 13.2 Å². The summed E-state index contributed by atoms with van der Waals surface area (Å²) in [6, 6.07) is 9.31. The van der Waals surface area contributed by atoms with Gasteiger partial charge in [-0.1, -0.05) is 17.7 Å². The molecule has 21 heavy (non-hydrogen) atoms. The molecule has 1 heterocycles. The number of nitrogens with zero attached hydrogens (tertiary/aromatic N) is 1. The van der Waals surface area contributed by atoms with Crippen LogP contribution in [0.25, 0.3) is 0 Å². The lowest BCUT2D eigenvalue weighted by Crippen LogP contribution is -2.25. The van der Waals surface area contributed by atoms with Gasteiger partial charge in [0.2, 0.25) is 0 Å². The Bertz CT molecular complexity index is 685. The highest BCUT2D eigenvalue weighted by molar-refractivity contribution is 5.72. The number of rotatable bonds is 2. The summed E-state index contributed by atoms with van der Waals surface area (Å²) in [7, 11) is 1.54. The van der Waals surface area contributed by atoms with Crippen molar-refractivity contribution in [3.05, 3.63) is 47.3 Å². The van der Waals surface area contributed by atoms with Crippen LogP contribution < -0.4 is 15.4 Å². The van der Waals surface area contributed by atoms with Gasteiger partial charge in [0.1, 0.15) is 11.6 Å². The largest absolute Gasteiger partial charge is 0.495 e. The number of methoxy groups -OCH3 is 1. The number of hydrogen-bond donors (Lipinski definition) is 1. The van der Waals surface area contributed by atoms with Gasteiger partial charge in [-0.25, -0.2) is 4.39 Å². The van der Waals surface area contributed by atoms with E-state index in [0.29, 0.717) is 17.1 Å². The van der Waals surface area contributed by atoms with E-state index in [1.807, 2.05) is 4.90 Å². The molecule has 0 aromatic heterocycles. The predicted octanol–water partition coefficient (Wildman–Crippen LogP) is 3.81. The Morgan fingerprint density at radius 3 is 2.76 bits per heavy atom. The highest BCUT2D eigenvalue weighted by Crippen LogP contribution is 2.38. The van der Waals surface area contributed by atoms with Crippen LogP contribution in [0.4, 0.5) is 21.5 Å². The molecule has 0 amide bonds. The van der Waals surface area contributed by atoms with Gasteiger partial charge in [0, 0.05) is 24.4 Å². The Kier molecular flexibility index (Phi) is 3.45. The van der Waals surface area contributed by atoms with E-state index in [4.69, 9.17) is 10.5 Å². The van der Waals surface area contributed by atoms with Crippen LogP contribution in [0.1, 0.15) is 17.5 Å². The maximum absolute atomic E-state index is 14.3. The van der Waals surface area contributed by atoms with Gasteiger partial charge in [-0.3, -0.25) is 0 Å². The maximum Gasteiger partial charge on any atom is 0.149 e. The lowest BCUT2D eigenvalue weighted by Gasteiger charge is -2.32. The third kappa shape index (κ3) is 2.42. The fourth-order valence-corrected chi connectivity index (χ4v) is 2.92. The van der Waals surface area contributed by atoms with Crippen molar-refractivity contribution < 1.29 is 9.13 Å². The van der Waals surface area contributed by atoms with E-state index in [1.165, 1.54) is 17.2 Å². The average Bonchev–Trinajstić information content (AvgIpc) is 2.46. The highest BCUT2D eigenvalue weighted by atomic mass is 19.1. The molecular formula is C17H19FN2O. The minimum Gasteiger partial charge on any atom is -0.495 e. The number of ether oxygens (including phenoxy) is 1. The monoisotopic (exact) mass is 286 g/mol. The number of halogens is 1. The van der Waals surface area contributed by atoms with Crippen LogP contribution >= 0.6 is 0 Å². The molecule has 3 nitrogen and oxygen atoms in total. The molecule has 3 rings (SSSR count). The summed E-state index contributed by atoms with van der Waals surface area (Å²) in [6.45, 7) is 2.87. The van der Waals surface area contributed by atoms with E-state index in [9.17, 15) is 4.39 Å². The molecule has 110 valence electrons. The third-order valence-corrected chi connectivity index (χ3v) is 3.94. The molecule has 0 bridgehead atoms. The van der Waals surface area contributed by atoms with Crippen LogP contribution in [0.3, 0.4) is 0 Å². The third-order valence-electron chi connectivity index (χ3n) is 3.94. The van der Waals surface area contributed by atoms with E-state index in [-0.39, 0.29) is 5.82 Å². The zero-order chi connectivity index (χ0) is 15.0. The number of hydrogen-bond acceptors (Lipinski definition) is 3. The molecule has 0 fully saturated rings. The second-order valence-electron chi connectivity index (χ2n) is 5.43. The van der Waals surface area contributed by atoms with E-state index in [0.717, 1.165) is 25.1 Å². The summed E-state index contributed by atoms with van der Waals surface area (Å²) >= 11 is 0. The van der Waals surface area contributed by atoms with Gasteiger partial charge in [0.25, 0.3) is 0 Å². The summed E-state index contributed by atoms with van der Waals surface area (Å²) in [5.74, 6) is 0.187. The zero-order valence-electron chi connectivity index (χ0n) is 12.3. The van der Waals surface area contributed by atoms with Crippen molar-refractivity contribution in [2.45, 2.75) is 19.8 Å². The summed E-state index contributed by atoms with van der Waals surface area (Å²) < 4.78 is 19.6. The first-order chi connectivity index (χ1) is 10.1. The number of aryl methyl sites for hydroxylation is 2. The van der Waals surface area contributed by atoms with Crippen molar-refractivity contribution >= 4 is 17.1 Å². The maximum atomic E-state index is 14.3. The number of anilines is 3. The predicted molar refractivity (Wildman–Crippen MR) is 83.9 cm³/mol. The van der Waals surface area contributed by atoms with Gasteiger partial charge in [-0.05, 0) is 31.4 Å². The van der Waals surface area contributed by atoms with Crippen molar-refractivity contribution in [3.8, 4) is 5.75 Å². The van der Waals surface area contributed by atoms with Crippen LogP contribution in [0, 0.1) is 12.7 Å². The minimum atomic E-state index is -0.318. The van der Waals surface area contributed by atoms with E-state index in [2.05, 4.69) is 25.1 Å². The molecule has 0 radical (unpaired) electrons. The number of fused-ring (bicyclic) bond motifs is 1. The van der Waals surface area contributed by atoms with E-state index >= 15 is 0 Å². The van der Waals surface area contributed by atoms with Crippen molar-refractivity contribution in [1.82, 2.24) is 0 Å². The average molecular weight is 286 g/mol. The fourth-order valence-electron chi connectivity index (χ4n) is 2.92. The highest BCUT2D eigenvalue weighted by Gasteiger charge is 2.22. The Morgan fingerprint density at radius 1 is 1.19 bits per heavy atom. The molecule has 2 aromatic carbocycles. The minimum absolute atomic E-state index is 0.318. The zero-order valence-corrected chi connectivity index (χ0v) is 12.3. The van der Waals surface area contributed by atoms with Crippen molar-refractivity contribution in [3.63, 3.8) is 0 Å². The van der Waals surface area contributed by atoms with Gasteiger partial charge < -0.3 is 15.4 Å². The first-order valence-corrected chi connectivity index (χ1v) is 7.10. The summed E-state index contributed by atoms with van der Waals surface area (Å²) in [5.41, 5.74) is 10.2. The molecule has 0 atom stereocenters. The Balaban J connectivity index is 2.10. The van der Waals surface area contributed by atoms with Gasteiger partial charge in [-0.15, -0.1) is 0 Å². The molecule has 1 aliphatic heterocycles. The normalized spacial score (nSPS) is 14.0. The van der Waals surface area contributed by atoms with E-state index < -0.39 is 0 Å². The quantitative estimate of drug-likeness (QED) is 0.853. The first kappa shape index (κ1) is 13.7. The van der Waals surface area contributed by atoms with Crippen molar-refractivity contribution in [2.24, 2.45) is 0 Å². The molecule has 0 spiro atoms. The Hall–Kier alpha value is -2.23. The Labute approximate surface area is 124 Å². The molecular weight excluding hydrogens is 267 g/mol. The van der Waals surface area contributed by atoms with Gasteiger partial charge >= 0.3 is 0 Å². The van der Waals surface area contributed by atoms with Crippen molar-refractivity contribution in [2.75, 3.05) is 24.3 Å². The fraction of sp³-hybridized carbons (Fsp3) is 0.294. The molecule has 2 aromatic rings. The molecule has 0 saturated heterocycles. The smallest absolute Gasteiger partial charge is 0.149 e. The molecule has 2 N–H and O–H groups in total. The Morgan fingerprint density at radius 2 is 2.00 bits per heavy atom. The SMILES string of the molecule is COc1cc(N2CCCc3cc(C)ccc32)c(F)cc1N. The molecule has 4 heteroatoms. The lowest BCUT2D eigenvalue weighted by molar-refractivity contribution is 0.416. The topological polar surface area (TPSA) is 38.5 Å². The standard InChI is InChI=1S/C17H19FN2O/c1-11-5-6-15-12(8-11)4-3-7-20(15)16-10-17(21-2)14(19)9-13(16)18/h5-6,8-10H,3-4,7,19H2,1-2H3.